The highest BCUT2D eigenvalue weighted by atomic mass is 35.7. The molecule has 1 aromatic rings. The molecule has 2 nitrogen and oxygen atoms in total. The molecule has 0 bridgehead atoms. The lowest BCUT2D eigenvalue weighted by Crippen LogP contribution is -1.94. The summed E-state index contributed by atoms with van der Waals surface area (Å²) in [6.07, 6.45) is 1.98. The molecule has 0 spiro atoms. The molecule has 0 saturated carbocycles. The van der Waals surface area contributed by atoms with Crippen LogP contribution >= 0.6 is 22.4 Å². The normalized spacial score (nSPS) is 13.9. The Morgan fingerprint density at radius 3 is 2.57 bits per heavy atom. The van der Waals surface area contributed by atoms with Crippen molar-refractivity contribution >= 4 is 31.5 Å². The van der Waals surface area contributed by atoms with Crippen LogP contribution in [-0.4, -0.2) is 14.7 Å². The Kier molecular flexibility index (Phi) is 3.86. The molecule has 0 heterocycles. The van der Waals surface area contributed by atoms with E-state index in [1.807, 2.05) is 19.2 Å². The molecule has 1 atom stereocenters. The van der Waals surface area contributed by atoms with E-state index in [-0.39, 0.29) is 10.1 Å². The smallest absolute Gasteiger partial charge is 0.207 e. The van der Waals surface area contributed by atoms with Gasteiger partial charge in [-0.05, 0) is 30.9 Å². The van der Waals surface area contributed by atoms with Crippen molar-refractivity contribution in [2.24, 2.45) is 0 Å². The van der Waals surface area contributed by atoms with E-state index >= 15 is 0 Å². The van der Waals surface area contributed by atoms with Crippen molar-refractivity contribution in [3.05, 3.63) is 29.8 Å². The third kappa shape index (κ3) is 2.90. The average Bonchev–Trinajstić information content (AvgIpc) is 2.15. The number of rotatable bonds is 3. The monoisotopic (exact) mass is 250 g/mol. The highest BCUT2D eigenvalue weighted by Gasteiger charge is 2.11. The molecule has 1 rings (SSSR count). The third-order valence-electron chi connectivity index (χ3n) is 1.96. The second-order valence-corrected chi connectivity index (χ2v) is 6.63. The minimum Gasteiger partial charge on any atom is -0.207 e. The van der Waals surface area contributed by atoms with Crippen molar-refractivity contribution < 1.29 is 8.42 Å². The maximum atomic E-state index is 11.1. The van der Waals surface area contributed by atoms with Gasteiger partial charge < -0.3 is 0 Å². The van der Waals surface area contributed by atoms with E-state index in [2.05, 4.69) is 0 Å². The van der Waals surface area contributed by atoms with Crippen LogP contribution in [0.25, 0.3) is 0 Å². The van der Waals surface area contributed by atoms with Crippen LogP contribution in [0.5, 0.6) is 0 Å². The van der Waals surface area contributed by atoms with Gasteiger partial charge >= 0.3 is 0 Å². The average molecular weight is 251 g/mol. The molecule has 0 N–H and O–H groups in total. The van der Waals surface area contributed by atoms with Gasteiger partial charge in [-0.3, -0.25) is 0 Å². The Labute approximate surface area is 93.1 Å². The van der Waals surface area contributed by atoms with Crippen molar-refractivity contribution in [1.82, 2.24) is 0 Å². The first-order chi connectivity index (χ1) is 6.45. The molecule has 0 aromatic heterocycles. The van der Waals surface area contributed by atoms with E-state index < -0.39 is 9.05 Å². The van der Waals surface area contributed by atoms with E-state index in [0.29, 0.717) is 0 Å². The quantitative estimate of drug-likeness (QED) is 0.774. The second-order valence-electron chi connectivity index (χ2n) is 2.89. The predicted molar refractivity (Wildman–Crippen MR) is 61.4 cm³/mol. The topological polar surface area (TPSA) is 34.1 Å². The number of hydrogen-bond donors (Lipinski definition) is 0. The zero-order valence-electron chi connectivity index (χ0n) is 7.90. The lowest BCUT2D eigenvalue weighted by atomic mass is 10.2. The molecule has 0 fully saturated rings. The van der Waals surface area contributed by atoms with Crippen LogP contribution in [0.15, 0.2) is 29.2 Å². The van der Waals surface area contributed by atoms with E-state index in [1.54, 1.807) is 23.9 Å². The molecule has 1 aromatic carbocycles. The molecular weight excluding hydrogens is 240 g/mol. The zero-order valence-corrected chi connectivity index (χ0v) is 10.3. The van der Waals surface area contributed by atoms with Crippen molar-refractivity contribution in [2.75, 3.05) is 6.26 Å². The summed E-state index contributed by atoms with van der Waals surface area (Å²) < 4.78 is 22.1. The number of thioether (sulfide) groups is 1. The number of halogens is 1. The Morgan fingerprint density at radius 1 is 1.43 bits per heavy atom. The van der Waals surface area contributed by atoms with Crippen LogP contribution < -0.4 is 0 Å². The lowest BCUT2D eigenvalue weighted by Gasteiger charge is -2.08. The summed E-state index contributed by atoms with van der Waals surface area (Å²) in [5, 5.41) is 0.272. The highest BCUT2D eigenvalue weighted by Crippen LogP contribution is 2.27. The summed E-state index contributed by atoms with van der Waals surface area (Å²) in [4.78, 5) is 0.164. The molecule has 0 radical (unpaired) electrons. The van der Waals surface area contributed by atoms with Crippen molar-refractivity contribution in [1.29, 1.82) is 0 Å². The first-order valence-electron chi connectivity index (χ1n) is 4.02. The molecular formula is C9H11ClO2S2. The Morgan fingerprint density at radius 2 is 2.07 bits per heavy atom. The first kappa shape index (κ1) is 11.9. The number of benzene rings is 1. The largest absolute Gasteiger partial charge is 0.261 e. The van der Waals surface area contributed by atoms with E-state index in [4.69, 9.17) is 10.7 Å². The van der Waals surface area contributed by atoms with E-state index in [9.17, 15) is 8.42 Å². The molecule has 5 heteroatoms. The van der Waals surface area contributed by atoms with Crippen LogP contribution in [-0.2, 0) is 9.05 Å². The maximum Gasteiger partial charge on any atom is 0.261 e. The fraction of sp³-hybridized carbons (Fsp3) is 0.333. The van der Waals surface area contributed by atoms with Crippen LogP contribution in [0.1, 0.15) is 17.7 Å². The predicted octanol–water partition coefficient (Wildman–Crippen LogP) is 3.04. The van der Waals surface area contributed by atoms with Crippen molar-refractivity contribution in [3.63, 3.8) is 0 Å². The van der Waals surface area contributed by atoms with Gasteiger partial charge in [-0.15, -0.1) is 0 Å². The second kappa shape index (κ2) is 4.55. The van der Waals surface area contributed by atoms with Gasteiger partial charge in [0.2, 0.25) is 0 Å². The summed E-state index contributed by atoms with van der Waals surface area (Å²) >= 11 is 1.66. The Hall–Kier alpha value is -0.190. The molecule has 14 heavy (non-hydrogen) atoms. The van der Waals surface area contributed by atoms with Crippen molar-refractivity contribution in [2.45, 2.75) is 17.1 Å². The molecule has 78 valence electrons. The molecule has 0 aliphatic carbocycles. The van der Waals surface area contributed by atoms with E-state index in [0.717, 1.165) is 5.56 Å². The first-order valence-corrected chi connectivity index (χ1v) is 7.62. The molecule has 0 aliphatic rings. The summed E-state index contributed by atoms with van der Waals surface area (Å²) in [5.41, 5.74) is 0.972. The van der Waals surface area contributed by atoms with Gasteiger partial charge in [0.15, 0.2) is 0 Å². The van der Waals surface area contributed by atoms with Gasteiger partial charge in [0, 0.05) is 15.9 Å². The van der Waals surface area contributed by atoms with Gasteiger partial charge in [0.25, 0.3) is 9.05 Å². The fourth-order valence-electron chi connectivity index (χ4n) is 1.06. The van der Waals surface area contributed by atoms with Crippen LogP contribution in [0, 0.1) is 0 Å². The number of hydrogen-bond acceptors (Lipinski definition) is 3. The van der Waals surface area contributed by atoms with Crippen LogP contribution in [0.3, 0.4) is 0 Å². The summed E-state index contributed by atoms with van der Waals surface area (Å²) in [6.45, 7) is 2.02. The SMILES string of the molecule is CSC(C)c1cccc(S(=O)(=O)Cl)c1. The van der Waals surface area contributed by atoms with Crippen molar-refractivity contribution in [3.8, 4) is 0 Å². The highest BCUT2D eigenvalue weighted by molar-refractivity contribution is 8.13. The standard InChI is InChI=1S/C9H11ClO2S2/c1-7(13-2)8-4-3-5-9(6-8)14(10,11)12/h3-7H,1-2H3. The Balaban J connectivity index is 3.14. The van der Waals surface area contributed by atoms with Gasteiger partial charge in [-0.1, -0.05) is 12.1 Å². The molecule has 1 unspecified atom stereocenters. The minimum atomic E-state index is -3.60. The van der Waals surface area contributed by atoms with Crippen LogP contribution in [0.2, 0.25) is 0 Å². The summed E-state index contributed by atoms with van der Waals surface area (Å²) in [6, 6.07) is 6.71. The third-order valence-corrected chi connectivity index (χ3v) is 4.29. The fourth-order valence-corrected chi connectivity index (χ4v) is 2.28. The molecule has 0 aliphatic heterocycles. The van der Waals surface area contributed by atoms with Gasteiger partial charge in [-0.25, -0.2) is 8.42 Å². The zero-order chi connectivity index (χ0) is 10.8. The maximum absolute atomic E-state index is 11.1. The van der Waals surface area contributed by atoms with Gasteiger partial charge in [0.05, 0.1) is 4.90 Å². The van der Waals surface area contributed by atoms with Gasteiger partial charge in [-0.2, -0.15) is 11.8 Å². The van der Waals surface area contributed by atoms with E-state index in [1.165, 1.54) is 6.07 Å². The molecule has 0 amide bonds. The van der Waals surface area contributed by atoms with Gasteiger partial charge in [0.1, 0.15) is 0 Å². The minimum absolute atomic E-state index is 0.164. The molecule has 0 saturated heterocycles. The van der Waals surface area contributed by atoms with Crippen LogP contribution in [0.4, 0.5) is 0 Å². The lowest BCUT2D eigenvalue weighted by molar-refractivity contribution is 0.609. The summed E-state index contributed by atoms with van der Waals surface area (Å²) in [7, 11) is 1.64. The summed E-state index contributed by atoms with van der Waals surface area (Å²) in [5.74, 6) is 0. The Bertz CT molecular complexity index is 415.